The number of carbonyl (C=O) groups excluding carboxylic acids is 2. The first-order valence-electron chi connectivity index (χ1n) is 12.6. The Hall–Kier alpha value is -2.66. The third kappa shape index (κ3) is 5.52. The summed E-state index contributed by atoms with van der Waals surface area (Å²) in [5, 5.41) is 13.4. The molecule has 0 bridgehead atoms. The van der Waals surface area contributed by atoms with Gasteiger partial charge in [0.1, 0.15) is 0 Å². The Balaban J connectivity index is 1.70. The Labute approximate surface area is 233 Å². The number of ketones is 1. The predicted octanol–water partition coefficient (Wildman–Crippen LogP) is 6.32. The van der Waals surface area contributed by atoms with Crippen LogP contribution in [0.3, 0.4) is 0 Å². The second kappa shape index (κ2) is 10.4. The van der Waals surface area contributed by atoms with Gasteiger partial charge in [0.2, 0.25) is 0 Å². The van der Waals surface area contributed by atoms with Gasteiger partial charge < -0.3 is 10.0 Å². The molecule has 39 heavy (non-hydrogen) atoms. The van der Waals surface area contributed by atoms with Gasteiger partial charge in [-0.25, -0.2) is 0 Å². The first kappa shape index (κ1) is 29.3. The van der Waals surface area contributed by atoms with Gasteiger partial charge in [-0.2, -0.15) is 18.3 Å². The maximum absolute atomic E-state index is 14.4. The van der Waals surface area contributed by atoms with Gasteiger partial charge in [0.05, 0.1) is 45.4 Å². The summed E-state index contributed by atoms with van der Waals surface area (Å²) < 4.78 is 44.2. The van der Waals surface area contributed by atoms with Crippen molar-refractivity contribution < 1.29 is 32.7 Å². The number of hydrogen-bond acceptors (Lipinski definition) is 5. The second-order valence-corrected chi connectivity index (χ2v) is 12.1. The normalized spacial score (nSPS) is 24.6. The molecule has 1 atom stereocenters. The number of carbonyl (C=O) groups is 3. The number of rotatable bonds is 7. The summed E-state index contributed by atoms with van der Waals surface area (Å²) in [5.74, 6) is -2.58. The summed E-state index contributed by atoms with van der Waals surface area (Å²) in [6.45, 7) is 4.81. The summed E-state index contributed by atoms with van der Waals surface area (Å²) in [7, 11) is 0. The minimum absolute atomic E-state index is 0.0257. The van der Waals surface area contributed by atoms with Crippen molar-refractivity contribution in [3.63, 3.8) is 0 Å². The third-order valence-electron chi connectivity index (χ3n) is 8.26. The van der Waals surface area contributed by atoms with Gasteiger partial charge in [-0.05, 0) is 50.9 Å². The highest BCUT2D eigenvalue weighted by atomic mass is 35.5. The van der Waals surface area contributed by atoms with Gasteiger partial charge in [0.25, 0.3) is 5.91 Å². The number of Topliss-reactive ketones (excluding diaryl/α,β-unsaturated/α-hetero) is 1. The van der Waals surface area contributed by atoms with E-state index in [2.05, 4.69) is 10.1 Å². The summed E-state index contributed by atoms with van der Waals surface area (Å²) in [4.78, 5) is 43.7. The Morgan fingerprint density at radius 2 is 1.64 bits per heavy atom. The average molecular weight is 589 g/mol. The van der Waals surface area contributed by atoms with Crippen molar-refractivity contribution in [1.82, 2.24) is 19.7 Å². The van der Waals surface area contributed by atoms with E-state index in [1.165, 1.54) is 12.4 Å². The predicted molar refractivity (Wildman–Crippen MR) is 137 cm³/mol. The van der Waals surface area contributed by atoms with Crippen LogP contribution in [0, 0.1) is 10.8 Å². The molecule has 0 aromatic carbocycles. The number of pyridine rings is 1. The summed E-state index contributed by atoms with van der Waals surface area (Å²) >= 11 is 12.3. The number of carboxylic acids is 1. The number of alkyl halides is 3. The van der Waals surface area contributed by atoms with Crippen LogP contribution in [-0.2, 0) is 11.0 Å². The van der Waals surface area contributed by atoms with Crippen LogP contribution in [0.5, 0.6) is 0 Å². The van der Waals surface area contributed by atoms with Gasteiger partial charge >= 0.3 is 12.1 Å². The quantitative estimate of drug-likeness (QED) is 0.379. The van der Waals surface area contributed by atoms with E-state index in [1.54, 1.807) is 6.92 Å². The highest BCUT2D eigenvalue weighted by Crippen LogP contribution is 2.46. The van der Waals surface area contributed by atoms with E-state index in [-0.39, 0.29) is 41.3 Å². The molecule has 212 valence electrons. The maximum atomic E-state index is 14.4. The molecule has 2 saturated carbocycles. The number of halogens is 5. The van der Waals surface area contributed by atoms with Crippen molar-refractivity contribution in [3.8, 4) is 0 Å². The van der Waals surface area contributed by atoms with Crippen molar-refractivity contribution >= 4 is 40.9 Å². The van der Waals surface area contributed by atoms with E-state index in [0.29, 0.717) is 6.42 Å². The molecular formula is C26H29Cl2F3N4O4. The van der Waals surface area contributed by atoms with Crippen LogP contribution >= 0.6 is 23.2 Å². The molecule has 0 aliphatic heterocycles. The van der Waals surface area contributed by atoms with Crippen molar-refractivity contribution in [2.45, 2.75) is 77.6 Å². The molecule has 1 N–H and O–H groups in total. The van der Waals surface area contributed by atoms with Gasteiger partial charge in [-0.3, -0.25) is 24.0 Å². The van der Waals surface area contributed by atoms with Crippen molar-refractivity contribution in [2.75, 3.05) is 6.54 Å². The molecule has 2 heterocycles. The van der Waals surface area contributed by atoms with E-state index in [0.717, 1.165) is 22.2 Å². The lowest BCUT2D eigenvalue weighted by Crippen LogP contribution is -2.56. The van der Waals surface area contributed by atoms with Crippen LogP contribution in [0.2, 0.25) is 10.0 Å². The number of hydrogen-bond donors (Lipinski definition) is 1. The van der Waals surface area contributed by atoms with E-state index < -0.39 is 64.6 Å². The topological polar surface area (TPSA) is 105 Å². The van der Waals surface area contributed by atoms with Crippen LogP contribution < -0.4 is 0 Å². The molecule has 2 fully saturated rings. The minimum Gasteiger partial charge on any atom is -0.481 e. The van der Waals surface area contributed by atoms with Crippen LogP contribution in [0.15, 0.2) is 18.6 Å². The SMILES string of the molecule is CC1(C(=O)O)CCC(n2ncc(C(=O)N(CC(=O)c3c(Cl)cncc3Cl)[C@H]3CCC3(C)C)c2C(F)(F)F)CC1. The fourth-order valence-electron chi connectivity index (χ4n) is 5.59. The molecule has 4 rings (SSSR count). The third-order valence-corrected chi connectivity index (χ3v) is 8.84. The number of aromatic nitrogens is 3. The molecule has 8 nitrogen and oxygen atoms in total. The lowest BCUT2D eigenvalue weighted by atomic mass is 9.66. The molecule has 2 aliphatic rings. The fourth-order valence-corrected chi connectivity index (χ4v) is 6.17. The van der Waals surface area contributed by atoms with Gasteiger partial charge in [-0.15, -0.1) is 0 Å². The van der Waals surface area contributed by atoms with Crippen LogP contribution in [0.4, 0.5) is 13.2 Å². The number of carboxylic acid groups (broad SMARTS) is 1. The number of nitrogens with zero attached hydrogens (tertiary/aromatic N) is 4. The first-order valence-corrected chi connectivity index (χ1v) is 13.3. The number of aliphatic carboxylic acids is 1. The monoisotopic (exact) mass is 588 g/mol. The molecule has 0 spiro atoms. The summed E-state index contributed by atoms with van der Waals surface area (Å²) in [5.41, 5.74) is -3.37. The summed E-state index contributed by atoms with van der Waals surface area (Å²) in [6, 6.07) is -1.22. The average Bonchev–Trinajstić information content (AvgIpc) is 3.29. The number of amides is 1. The molecule has 0 saturated heterocycles. The molecule has 13 heteroatoms. The summed E-state index contributed by atoms with van der Waals surface area (Å²) in [6.07, 6.45) is 0.351. The largest absolute Gasteiger partial charge is 0.481 e. The van der Waals surface area contributed by atoms with E-state index in [9.17, 15) is 32.7 Å². The zero-order valence-electron chi connectivity index (χ0n) is 21.7. The Bertz CT molecular complexity index is 1280. The van der Waals surface area contributed by atoms with Crippen molar-refractivity contribution in [3.05, 3.63) is 45.5 Å². The highest BCUT2D eigenvalue weighted by Gasteiger charge is 2.49. The smallest absolute Gasteiger partial charge is 0.433 e. The molecule has 1 amide bonds. The van der Waals surface area contributed by atoms with E-state index in [4.69, 9.17) is 23.2 Å². The second-order valence-electron chi connectivity index (χ2n) is 11.3. The van der Waals surface area contributed by atoms with Gasteiger partial charge in [0.15, 0.2) is 11.5 Å². The van der Waals surface area contributed by atoms with Gasteiger partial charge in [0, 0.05) is 18.4 Å². The standard InChI is InChI=1S/C26H29Cl2F3N4O4/c1-24(2)7-6-19(24)34(13-18(36)20-16(27)11-32-12-17(20)28)22(37)15-10-33-35(21(15)26(29,30)31)14-4-8-25(3,9-5-14)23(38)39/h10-12,14,19H,4-9,13H2,1-3H3,(H,38,39)/t14?,19-,25?/m0/s1. The lowest BCUT2D eigenvalue weighted by molar-refractivity contribution is -0.152. The Morgan fingerprint density at radius 3 is 2.10 bits per heavy atom. The molecule has 2 aromatic rings. The van der Waals surface area contributed by atoms with Crippen molar-refractivity contribution in [2.24, 2.45) is 10.8 Å². The molecule has 2 aliphatic carbocycles. The van der Waals surface area contributed by atoms with Gasteiger partial charge in [-0.1, -0.05) is 37.0 Å². The van der Waals surface area contributed by atoms with Crippen LogP contribution in [-0.4, -0.2) is 55.0 Å². The molecule has 2 aromatic heterocycles. The zero-order valence-corrected chi connectivity index (χ0v) is 23.2. The van der Waals surface area contributed by atoms with Crippen molar-refractivity contribution in [1.29, 1.82) is 0 Å². The molecular weight excluding hydrogens is 560 g/mol. The Morgan fingerprint density at radius 1 is 1.05 bits per heavy atom. The van der Waals surface area contributed by atoms with Crippen LogP contribution in [0.25, 0.3) is 0 Å². The van der Waals surface area contributed by atoms with E-state index in [1.807, 2.05) is 13.8 Å². The van der Waals surface area contributed by atoms with E-state index >= 15 is 0 Å². The Kier molecular flexibility index (Phi) is 7.81. The molecule has 0 radical (unpaired) electrons. The van der Waals surface area contributed by atoms with Crippen LogP contribution in [0.1, 0.15) is 91.7 Å². The molecule has 0 unspecified atom stereocenters. The highest BCUT2D eigenvalue weighted by molar-refractivity contribution is 6.39. The maximum Gasteiger partial charge on any atom is 0.433 e. The lowest BCUT2D eigenvalue weighted by Gasteiger charge is -2.50. The minimum atomic E-state index is -4.92. The first-order chi connectivity index (χ1) is 18.1. The zero-order chi connectivity index (χ0) is 28.9. The fraction of sp³-hybridized carbons (Fsp3) is 0.577.